The van der Waals surface area contributed by atoms with Crippen LogP contribution in [0, 0.1) is 0 Å². The SMILES string of the molecule is C/C=C/C(=O)Nc1ccc(CN2CC[C@H](NC(=O)c3[nH]ncc3NC(=O)c3c(Cl)cccc3Cl)C2)cc1. The predicted molar refractivity (Wildman–Crippen MR) is 144 cm³/mol. The van der Waals surface area contributed by atoms with E-state index < -0.39 is 5.91 Å². The fraction of sp³-hybridized carbons (Fsp3) is 0.231. The van der Waals surface area contributed by atoms with Crippen LogP contribution in [0.2, 0.25) is 10.0 Å². The van der Waals surface area contributed by atoms with Gasteiger partial charge in [0.15, 0.2) is 0 Å². The summed E-state index contributed by atoms with van der Waals surface area (Å²) in [6.07, 6.45) is 5.31. The van der Waals surface area contributed by atoms with Crippen LogP contribution in [0.3, 0.4) is 0 Å². The molecule has 1 aliphatic heterocycles. The molecule has 9 nitrogen and oxygen atoms in total. The van der Waals surface area contributed by atoms with Gasteiger partial charge in [-0.1, -0.05) is 47.5 Å². The molecule has 0 spiro atoms. The highest BCUT2D eigenvalue weighted by molar-refractivity contribution is 6.40. The Hall–Kier alpha value is -3.66. The zero-order valence-electron chi connectivity index (χ0n) is 20.1. The first-order valence-corrected chi connectivity index (χ1v) is 12.4. The van der Waals surface area contributed by atoms with E-state index in [4.69, 9.17) is 23.2 Å². The number of rotatable bonds is 8. The van der Waals surface area contributed by atoms with E-state index in [1.165, 1.54) is 12.3 Å². The van der Waals surface area contributed by atoms with Crippen molar-refractivity contribution in [1.29, 1.82) is 0 Å². The topological polar surface area (TPSA) is 119 Å². The second-order valence-electron chi connectivity index (χ2n) is 8.59. The van der Waals surface area contributed by atoms with E-state index in [-0.39, 0.29) is 44.8 Å². The van der Waals surface area contributed by atoms with Gasteiger partial charge in [-0.15, -0.1) is 0 Å². The molecule has 1 atom stereocenters. The first kappa shape index (κ1) is 26.4. The van der Waals surface area contributed by atoms with E-state index in [1.807, 2.05) is 24.3 Å². The van der Waals surface area contributed by atoms with E-state index in [2.05, 4.69) is 31.0 Å². The Morgan fingerprint density at radius 1 is 1.08 bits per heavy atom. The van der Waals surface area contributed by atoms with Crippen molar-refractivity contribution in [3.05, 3.63) is 87.7 Å². The number of likely N-dealkylation sites (tertiary alicyclic amines) is 1. The highest BCUT2D eigenvalue weighted by atomic mass is 35.5. The van der Waals surface area contributed by atoms with Gasteiger partial charge in [0.25, 0.3) is 11.8 Å². The third-order valence-corrected chi connectivity index (χ3v) is 6.49. The highest BCUT2D eigenvalue weighted by Gasteiger charge is 2.26. The number of carbonyl (C=O) groups excluding carboxylic acids is 3. The number of halogens is 2. The number of anilines is 2. The monoisotopic (exact) mass is 540 g/mol. The number of hydrogen-bond acceptors (Lipinski definition) is 5. The van der Waals surface area contributed by atoms with Crippen molar-refractivity contribution in [2.75, 3.05) is 23.7 Å². The zero-order valence-corrected chi connectivity index (χ0v) is 21.6. The third kappa shape index (κ3) is 6.76. The number of aromatic amines is 1. The number of amides is 3. The van der Waals surface area contributed by atoms with Crippen LogP contribution in [0.25, 0.3) is 0 Å². The van der Waals surface area contributed by atoms with Crippen LogP contribution in [-0.4, -0.2) is 52.0 Å². The van der Waals surface area contributed by atoms with Gasteiger partial charge in [0.2, 0.25) is 5.91 Å². The fourth-order valence-electron chi connectivity index (χ4n) is 4.09. The van der Waals surface area contributed by atoms with E-state index in [0.717, 1.165) is 30.8 Å². The standard InChI is InChI=1S/C26H26Cl2N6O3/c1-2-4-22(35)30-17-9-7-16(8-10-17)14-34-12-11-18(15-34)31-26(37)24-21(13-29-33-24)32-25(36)23-19(27)5-3-6-20(23)28/h2-10,13,18H,11-12,14-15H2,1H3,(H,29,33)(H,30,35)(H,31,37)(H,32,36)/b4-2+/t18-/m0/s1. The lowest BCUT2D eigenvalue weighted by molar-refractivity contribution is -0.111. The van der Waals surface area contributed by atoms with Crippen LogP contribution in [0.1, 0.15) is 39.8 Å². The Labute approximate surface area is 224 Å². The lowest BCUT2D eigenvalue weighted by atomic mass is 10.2. The Bertz CT molecular complexity index is 1300. The number of aromatic nitrogens is 2. The second kappa shape index (κ2) is 12.1. The first-order chi connectivity index (χ1) is 17.8. The molecule has 2 heterocycles. The van der Waals surface area contributed by atoms with Crippen molar-refractivity contribution in [2.24, 2.45) is 0 Å². The van der Waals surface area contributed by atoms with Gasteiger partial charge < -0.3 is 16.0 Å². The molecule has 11 heteroatoms. The molecule has 37 heavy (non-hydrogen) atoms. The van der Waals surface area contributed by atoms with Crippen molar-refractivity contribution in [2.45, 2.75) is 25.9 Å². The van der Waals surface area contributed by atoms with E-state index >= 15 is 0 Å². The molecule has 0 unspecified atom stereocenters. The largest absolute Gasteiger partial charge is 0.347 e. The summed E-state index contributed by atoms with van der Waals surface area (Å²) in [5, 5.41) is 15.4. The number of allylic oxidation sites excluding steroid dienone is 1. The van der Waals surface area contributed by atoms with Crippen molar-refractivity contribution in [3.8, 4) is 0 Å². The zero-order chi connectivity index (χ0) is 26.4. The number of nitrogens with one attached hydrogen (secondary N) is 4. The molecule has 0 bridgehead atoms. The van der Waals surface area contributed by atoms with Gasteiger partial charge in [-0.2, -0.15) is 5.10 Å². The van der Waals surface area contributed by atoms with Gasteiger partial charge in [0.1, 0.15) is 5.69 Å². The highest BCUT2D eigenvalue weighted by Crippen LogP contribution is 2.26. The van der Waals surface area contributed by atoms with E-state index in [0.29, 0.717) is 6.54 Å². The average molecular weight is 541 g/mol. The molecule has 0 radical (unpaired) electrons. The molecule has 1 aliphatic rings. The number of benzene rings is 2. The van der Waals surface area contributed by atoms with Gasteiger partial charge >= 0.3 is 0 Å². The lowest BCUT2D eigenvalue weighted by Gasteiger charge is -2.17. The maximum atomic E-state index is 12.9. The molecule has 4 rings (SSSR count). The molecule has 3 amide bonds. The summed E-state index contributed by atoms with van der Waals surface area (Å²) in [4.78, 5) is 39.6. The number of nitrogens with zero attached hydrogens (tertiary/aromatic N) is 2. The molecular weight excluding hydrogens is 515 g/mol. The molecule has 1 aromatic heterocycles. The maximum absolute atomic E-state index is 12.9. The van der Waals surface area contributed by atoms with Gasteiger partial charge in [-0.05, 0) is 49.2 Å². The summed E-state index contributed by atoms with van der Waals surface area (Å²) >= 11 is 12.2. The molecule has 2 aromatic carbocycles. The van der Waals surface area contributed by atoms with Crippen LogP contribution in [0.15, 0.2) is 60.8 Å². The van der Waals surface area contributed by atoms with Crippen molar-refractivity contribution in [3.63, 3.8) is 0 Å². The van der Waals surface area contributed by atoms with Crippen LogP contribution in [0.5, 0.6) is 0 Å². The summed E-state index contributed by atoms with van der Waals surface area (Å²) in [6, 6.07) is 12.4. The second-order valence-corrected chi connectivity index (χ2v) is 9.40. The van der Waals surface area contributed by atoms with Crippen molar-refractivity contribution >= 4 is 52.3 Å². The Kier molecular flexibility index (Phi) is 8.60. The van der Waals surface area contributed by atoms with Crippen molar-refractivity contribution in [1.82, 2.24) is 20.4 Å². The molecular formula is C26H26Cl2N6O3. The minimum atomic E-state index is -0.537. The minimum Gasteiger partial charge on any atom is -0.347 e. The third-order valence-electron chi connectivity index (χ3n) is 5.86. The van der Waals surface area contributed by atoms with Gasteiger partial charge in [-0.25, -0.2) is 0 Å². The van der Waals surface area contributed by atoms with E-state index in [1.54, 1.807) is 31.2 Å². The van der Waals surface area contributed by atoms with Crippen LogP contribution >= 0.6 is 23.2 Å². The Morgan fingerprint density at radius 2 is 1.81 bits per heavy atom. The summed E-state index contributed by atoms with van der Waals surface area (Å²) < 4.78 is 0. The molecule has 192 valence electrons. The smallest absolute Gasteiger partial charge is 0.271 e. The quantitative estimate of drug-likeness (QED) is 0.314. The summed E-state index contributed by atoms with van der Waals surface area (Å²) in [6.45, 7) is 4.01. The van der Waals surface area contributed by atoms with Gasteiger partial charge in [-0.3, -0.25) is 24.4 Å². The van der Waals surface area contributed by atoms with Crippen LogP contribution < -0.4 is 16.0 Å². The Balaban J connectivity index is 1.31. The van der Waals surface area contributed by atoms with Crippen molar-refractivity contribution < 1.29 is 14.4 Å². The minimum absolute atomic E-state index is 0.0586. The van der Waals surface area contributed by atoms with E-state index in [9.17, 15) is 14.4 Å². The molecule has 0 saturated carbocycles. The van der Waals surface area contributed by atoms with Crippen LogP contribution in [-0.2, 0) is 11.3 Å². The van der Waals surface area contributed by atoms with Gasteiger partial charge in [0, 0.05) is 31.4 Å². The van der Waals surface area contributed by atoms with Crippen LogP contribution in [0.4, 0.5) is 11.4 Å². The summed E-state index contributed by atoms with van der Waals surface area (Å²) in [5.41, 5.74) is 2.34. The fourth-order valence-corrected chi connectivity index (χ4v) is 4.66. The molecule has 1 fully saturated rings. The number of H-pyrrole nitrogens is 1. The lowest BCUT2D eigenvalue weighted by Crippen LogP contribution is -2.37. The Morgan fingerprint density at radius 3 is 2.51 bits per heavy atom. The summed E-state index contributed by atoms with van der Waals surface area (Å²) in [7, 11) is 0. The maximum Gasteiger partial charge on any atom is 0.271 e. The summed E-state index contributed by atoms with van der Waals surface area (Å²) in [5.74, 6) is -1.07. The number of hydrogen-bond donors (Lipinski definition) is 4. The molecule has 3 aromatic rings. The molecule has 1 saturated heterocycles. The predicted octanol–water partition coefficient (Wildman–Crippen LogP) is 4.49. The first-order valence-electron chi connectivity index (χ1n) is 11.7. The number of carbonyl (C=O) groups is 3. The average Bonchev–Trinajstić information content (AvgIpc) is 3.50. The molecule has 0 aliphatic carbocycles. The van der Waals surface area contributed by atoms with Gasteiger partial charge in [0.05, 0.1) is 27.5 Å². The molecule has 4 N–H and O–H groups in total. The normalized spacial score (nSPS) is 15.6.